The van der Waals surface area contributed by atoms with Crippen LogP contribution in [0.3, 0.4) is 0 Å². The molecule has 6 N–H and O–H groups in total. The Kier molecular flexibility index (Phi) is 6.13. The van der Waals surface area contributed by atoms with Crippen LogP contribution >= 0.6 is 0 Å². The van der Waals surface area contributed by atoms with Crippen LogP contribution in [-0.2, 0) is 22.6 Å². The number of hydrazine groups is 1. The van der Waals surface area contributed by atoms with Crippen molar-refractivity contribution in [3.05, 3.63) is 59.2 Å². The van der Waals surface area contributed by atoms with Gasteiger partial charge in [0.05, 0.1) is 5.56 Å². The van der Waals surface area contributed by atoms with Crippen LogP contribution in [0.15, 0.2) is 42.5 Å². The first-order chi connectivity index (χ1) is 13.9. The molecule has 1 aliphatic rings. The molecule has 3 amide bonds. The number of nitrogens with two attached hydrogens (primary N) is 2. The molecule has 152 valence electrons. The largest absolute Gasteiger partial charge is 0.398 e. The van der Waals surface area contributed by atoms with Gasteiger partial charge in [0.25, 0.3) is 11.8 Å². The van der Waals surface area contributed by atoms with Gasteiger partial charge in [0.15, 0.2) is 0 Å². The topological polar surface area (TPSA) is 131 Å². The van der Waals surface area contributed by atoms with Crippen LogP contribution in [0, 0.1) is 0 Å². The van der Waals surface area contributed by atoms with Crippen LogP contribution in [0.1, 0.15) is 41.3 Å². The summed E-state index contributed by atoms with van der Waals surface area (Å²) in [6.45, 7) is 2.59. The van der Waals surface area contributed by atoms with E-state index in [1.54, 1.807) is 18.2 Å². The number of amides is 3. The molecule has 1 unspecified atom stereocenters. The number of nitrogen functional groups attached to an aromatic ring is 1. The van der Waals surface area contributed by atoms with Crippen molar-refractivity contribution >= 4 is 29.1 Å². The summed E-state index contributed by atoms with van der Waals surface area (Å²) in [4.78, 5) is 36.4. The fourth-order valence-electron chi connectivity index (χ4n) is 3.26. The van der Waals surface area contributed by atoms with Gasteiger partial charge < -0.3 is 11.1 Å². The molecule has 1 aliphatic heterocycles. The lowest BCUT2D eigenvalue weighted by Gasteiger charge is -2.30. The zero-order valence-corrected chi connectivity index (χ0v) is 16.3. The van der Waals surface area contributed by atoms with Crippen LogP contribution in [-0.4, -0.2) is 28.8 Å². The highest BCUT2D eigenvalue weighted by molar-refractivity contribution is 6.07. The molecule has 0 radical (unpaired) electrons. The summed E-state index contributed by atoms with van der Waals surface area (Å²) >= 11 is 0. The Balaban J connectivity index is 1.78. The second kappa shape index (κ2) is 8.74. The lowest BCUT2D eigenvalue weighted by Crippen LogP contribution is -2.57. The van der Waals surface area contributed by atoms with Crippen LogP contribution in [0.2, 0.25) is 0 Å². The summed E-state index contributed by atoms with van der Waals surface area (Å²) in [6.07, 6.45) is 1.26. The van der Waals surface area contributed by atoms with Crippen molar-refractivity contribution in [2.75, 3.05) is 11.1 Å². The van der Waals surface area contributed by atoms with E-state index in [9.17, 15) is 14.4 Å². The highest BCUT2D eigenvalue weighted by Crippen LogP contribution is 2.25. The molecule has 0 spiro atoms. The molecule has 0 bridgehead atoms. The second-order valence-electron chi connectivity index (χ2n) is 6.97. The molecule has 8 nitrogen and oxygen atoms in total. The van der Waals surface area contributed by atoms with Gasteiger partial charge in [0.2, 0.25) is 5.91 Å². The van der Waals surface area contributed by atoms with Gasteiger partial charge in [-0.05, 0) is 36.1 Å². The molecular formula is C21H25N5O3. The molecule has 29 heavy (non-hydrogen) atoms. The minimum atomic E-state index is -0.922. The Bertz CT molecular complexity index is 926. The predicted octanol–water partition coefficient (Wildman–Crippen LogP) is 1.56. The highest BCUT2D eigenvalue weighted by atomic mass is 16.2. The monoisotopic (exact) mass is 395 g/mol. The average molecular weight is 395 g/mol. The van der Waals surface area contributed by atoms with E-state index < -0.39 is 17.9 Å². The smallest absolute Gasteiger partial charge is 0.272 e. The van der Waals surface area contributed by atoms with Gasteiger partial charge in [-0.2, -0.15) is 0 Å². The van der Waals surface area contributed by atoms with Gasteiger partial charge in [-0.3, -0.25) is 24.7 Å². The summed E-state index contributed by atoms with van der Waals surface area (Å²) in [6, 6.07) is 12.3. The number of hydrogen-bond acceptors (Lipinski definition) is 6. The first kappa shape index (κ1) is 20.3. The van der Waals surface area contributed by atoms with Crippen molar-refractivity contribution < 1.29 is 14.4 Å². The number of carbonyl (C=O) groups is 3. The van der Waals surface area contributed by atoms with Crippen molar-refractivity contribution in [2.24, 2.45) is 5.84 Å². The molecule has 1 fully saturated rings. The van der Waals surface area contributed by atoms with Gasteiger partial charge in [-0.25, -0.2) is 5.84 Å². The molecule has 1 saturated heterocycles. The van der Waals surface area contributed by atoms with Gasteiger partial charge in [0.1, 0.15) is 6.04 Å². The first-order valence-electron chi connectivity index (χ1n) is 9.52. The van der Waals surface area contributed by atoms with Gasteiger partial charge in [-0.1, -0.05) is 37.3 Å². The zero-order valence-electron chi connectivity index (χ0n) is 16.3. The molecule has 0 aliphatic carbocycles. The summed E-state index contributed by atoms with van der Waals surface area (Å²) < 4.78 is 0. The minimum Gasteiger partial charge on any atom is -0.398 e. The number of hydrogen-bond donors (Lipinski definition) is 4. The maximum absolute atomic E-state index is 13.0. The number of carbonyl (C=O) groups excluding carboxylic acids is 3. The normalized spacial score (nSPS) is 16.3. The number of nitrogens with one attached hydrogen (secondary N) is 2. The highest BCUT2D eigenvalue weighted by Gasteiger charge is 2.34. The fraction of sp³-hybridized carbons (Fsp3) is 0.286. The third kappa shape index (κ3) is 4.55. The van der Waals surface area contributed by atoms with E-state index >= 15 is 0 Å². The minimum absolute atomic E-state index is 0.126. The number of aryl methyl sites for hydroxylation is 1. The van der Waals surface area contributed by atoms with E-state index in [2.05, 4.69) is 29.7 Å². The molecule has 1 heterocycles. The number of nitrogens with zero attached hydrogens (tertiary/aromatic N) is 1. The quantitative estimate of drug-likeness (QED) is 0.193. The van der Waals surface area contributed by atoms with Crippen LogP contribution in [0.25, 0.3) is 0 Å². The van der Waals surface area contributed by atoms with Crippen molar-refractivity contribution in [1.82, 2.24) is 10.3 Å². The van der Waals surface area contributed by atoms with E-state index in [1.807, 2.05) is 12.1 Å². The maximum Gasteiger partial charge on any atom is 0.272 e. The molecule has 3 rings (SSSR count). The maximum atomic E-state index is 13.0. The van der Waals surface area contributed by atoms with Gasteiger partial charge in [-0.15, -0.1) is 0 Å². The fourth-order valence-corrected chi connectivity index (χ4v) is 3.26. The van der Waals surface area contributed by atoms with Crippen molar-refractivity contribution in [1.29, 1.82) is 0 Å². The SMILES string of the molecule is CCc1ccc(CNc2cccc(N)c2C(=O)N(N)C2CCC(=O)NC2=O)cc1. The number of piperidine rings is 1. The number of anilines is 2. The lowest BCUT2D eigenvalue weighted by atomic mass is 10.0. The summed E-state index contributed by atoms with van der Waals surface area (Å²) in [5, 5.41) is 6.29. The Morgan fingerprint density at radius 1 is 1.17 bits per heavy atom. The zero-order chi connectivity index (χ0) is 21.0. The van der Waals surface area contributed by atoms with Gasteiger partial charge in [0, 0.05) is 24.3 Å². The molecule has 0 saturated carbocycles. The molecular weight excluding hydrogens is 370 g/mol. The first-order valence-corrected chi connectivity index (χ1v) is 9.52. The summed E-state index contributed by atoms with van der Waals surface area (Å²) in [5.41, 5.74) is 9.33. The molecule has 0 aromatic heterocycles. The van der Waals surface area contributed by atoms with E-state index in [-0.39, 0.29) is 30.0 Å². The van der Waals surface area contributed by atoms with Crippen LogP contribution < -0.4 is 22.2 Å². The second-order valence-corrected chi connectivity index (χ2v) is 6.97. The van der Waals surface area contributed by atoms with Crippen LogP contribution in [0.5, 0.6) is 0 Å². The lowest BCUT2D eigenvalue weighted by molar-refractivity contribution is -0.136. The molecule has 2 aromatic rings. The van der Waals surface area contributed by atoms with E-state index in [0.717, 1.165) is 17.0 Å². The van der Waals surface area contributed by atoms with E-state index in [4.69, 9.17) is 11.6 Å². The molecule has 1 atom stereocenters. The van der Waals surface area contributed by atoms with Gasteiger partial charge >= 0.3 is 0 Å². The average Bonchev–Trinajstić information content (AvgIpc) is 2.71. The number of rotatable bonds is 6. The third-order valence-electron chi connectivity index (χ3n) is 5.01. The van der Waals surface area contributed by atoms with Crippen LogP contribution in [0.4, 0.5) is 11.4 Å². The van der Waals surface area contributed by atoms with Crippen molar-refractivity contribution in [3.63, 3.8) is 0 Å². The summed E-state index contributed by atoms with van der Waals surface area (Å²) in [7, 11) is 0. The molecule has 2 aromatic carbocycles. The Labute approximate surface area is 169 Å². The van der Waals surface area contributed by atoms with Crippen molar-refractivity contribution in [3.8, 4) is 0 Å². The Hall–Kier alpha value is -3.39. The molecule has 8 heteroatoms. The Morgan fingerprint density at radius 2 is 1.86 bits per heavy atom. The van der Waals surface area contributed by atoms with Crippen molar-refractivity contribution in [2.45, 2.75) is 38.8 Å². The standard InChI is InChI=1S/C21H25N5O3/c1-2-13-6-8-14(9-7-13)12-24-16-5-3-4-15(22)19(16)21(29)26(23)17-10-11-18(27)25-20(17)28/h3-9,17,24H,2,10-12,22-23H2,1H3,(H,25,27,28). The van der Waals surface area contributed by atoms with E-state index in [0.29, 0.717) is 12.2 Å². The van der Waals surface area contributed by atoms with E-state index in [1.165, 1.54) is 5.56 Å². The third-order valence-corrected chi connectivity index (χ3v) is 5.01. The summed E-state index contributed by atoms with van der Waals surface area (Å²) in [5.74, 6) is 4.42. The number of benzene rings is 2. The Morgan fingerprint density at radius 3 is 2.52 bits per heavy atom. The number of imide groups is 1. The predicted molar refractivity (Wildman–Crippen MR) is 111 cm³/mol.